The summed E-state index contributed by atoms with van der Waals surface area (Å²) in [6.45, 7) is 4.28. The summed E-state index contributed by atoms with van der Waals surface area (Å²) < 4.78 is 11.7. The van der Waals surface area contributed by atoms with Crippen molar-refractivity contribution in [1.29, 1.82) is 0 Å². The van der Waals surface area contributed by atoms with Gasteiger partial charge in [-0.2, -0.15) is 0 Å². The standard InChI is InChI=1S/C33H30N2O5/c1-21-9-10-22(2)26(17-21)31(36)29-30(35(33(38)32(29)37)19-23-13-15-34-16-14-23)25-11-12-27(28(18-25)39-3)40-20-24-7-5-4-6-8-24/h4-18,30,36H,19-20H2,1-3H3/b31-29+. The number of hydrogen-bond acceptors (Lipinski definition) is 6. The van der Waals surface area contributed by atoms with Crippen LogP contribution in [0.5, 0.6) is 11.5 Å². The Kier molecular flexibility index (Phi) is 7.64. The number of aliphatic hydroxyl groups excluding tert-OH is 1. The van der Waals surface area contributed by atoms with Crippen LogP contribution in [-0.2, 0) is 22.7 Å². The first-order valence-electron chi connectivity index (χ1n) is 13.0. The average Bonchev–Trinajstić information content (AvgIpc) is 3.23. The minimum absolute atomic E-state index is 0.0350. The fraction of sp³-hybridized carbons (Fsp3) is 0.182. The van der Waals surface area contributed by atoms with Gasteiger partial charge in [-0.05, 0) is 66.4 Å². The molecule has 1 saturated heterocycles. The lowest BCUT2D eigenvalue weighted by molar-refractivity contribution is -0.140. The first kappa shape index (κ1) is 26.7. The molecule has 0 radical (unpaired) electrons. The van der Waals surface area contributed by atoms with E-state index in [1.165, 1.54) is 4.90 Å². The van der Waals surface area contributed by atoms with Crippen molar-refractivity contribution in [3.63, 3.8) is 0 Å². The molecule has 0 bridgehead atoms. The first-order chi connectivity index (χ1) is 19.4. The number of carbonyl (C=O) groups excluding carboxylic acids is 2. The summed E-state index contributed by atoms with van der Waals surface area (Å²) >= 11 is 0. The van der Waals surface area contributed by atoms with E-state index in [2.05, 4.69) is 4.98 Å². The number of ketones is 1. The van der Waals surface area contributed by atoms with E-state index in [-0.39, 0.29) is 17.9 Å². The Morgan fingerprint density at radius 2 is 1.65 bits per heavy atom. The molecular weight excluding hydrogens is 504 g/mol. The van der Waals surface area contributed by atoms with Crippen LogP contribution in [0.2, 0.25) is 0 Å². The van der Waals surface area contributed by atoms with Crippen LogP contribution < -0.4 is 9.47 Å². The van der Waals surface area contributed by atoms with E-state index in [1.807, 2.05) is 62.4 Å². The molecule has 0 aliphatic carbocycles. The van der Waals surface area contributed by atoms with Crippen LogP contribution in [0.1, 0.15) is 39.4 Å². The summed E-state index contributed by atoms with van der Waals surface area (Å²) in [6.07, 6.45) is 3.28. The Bertz CT molecular complexity index is 1580. The molecular formula is C33H30N2O5. The lowest BCUT2D eigenvalue weighted by Crippen LogP contribution is -2.29. The molecule has 1 fully saturated rings. The van der Waals surface area contributed by atoms with Crippen molar-refractivity contribution in [1.82, 2.24) is 9.88 Å². The van der Waals surface area contributed by atoms with Crippen LogP contribution in [0, 0.1) is 13.8 Å². The van der Waals surface area contributed by atoms with Gasteiger partial charge in [0.05, 0.1) is 18.7 Å². The number of aliphatic hydroxyl groups is 1. The highest BCUT2D eigenvalue weighted by molar-refractivity contribution is 6.46. The highest BCUT2D eigenvalue weighted by Crippen LogP contribution is 2.43. The molecule has 1 N–H and O–H groups in total. The zero-order valence-electron chi connectivity index (χ0n) is 22.6. The van der Waals surface area contributed by atoms with E-state index in [9.17, 15) is 14.7 Å². The van der Waals surface area contributed by atoms with E-state index in [0.717, 1.165) is 22.3 Å². The quantitative estimate of drug-likeness (QED) is 0.172. The Labute approximate surface area is 233 Å². The van der Waals surface area contributed by atoms with E-state index in [1.54, 1.807) is 49.8 Å². The Hall–Kier alpha value is -4.91. The number of rotatable bonds is 8. The lowest BCUT2D eigenvalue weighted by Gasteiger charge is -2.26. The molecule has 1 amide bonds. The number of hydrogen-bond donors (Lipinski definition) is 1. The monoisotopic (exact) mass is 534 g/mol. The number of amides is 1. The maximum atomic E-state index is 13.5. The first-order valence-corrected chi connectivity index (χ1v) is 13.0. The predicted octanol–water partition coefficient (Wildman–Crippen LogP) is 5.91. The number of benzene rings is 3. The summed E-state index contributed by atoms with van der Waals surface area (Å²) in [7, 11) is 1.54. The SMILES string of the molecule is COc1cc(C2/C(=C(\O)c3cc(C)ccc3C)C(=O)C(=O)N2Cc2ccncc2)ccc1OCc1ccccc1. The van der Waals surface area contributed by atoms with E-state index >= 15 is 0 Å². The molecule has 5 rings (SSSR count). The second-order valence-corrected chi connectivity index (χ2v) is 9.79. The van der Waals surface area contributed by atoms with Gasteiger partial charge in [0.15, 0.2) is 11.5 Å². The van der Waals surface area contributed by atoms with Gasteiger partial charge in [-0.25, -0.2) is 0 Å². The van der Waals surface area contributed by atoms with Crippen molar-refractivity contribution < 1.29 is 24.2 Å². The molecule has 40 heavy (non-hydrogen) atoms. The van der Waals surface area contributed by atoms with Crippen LogP contribution in [-0.4, -0.2) is 33.8 Å². The third-order valence-corrected chi connectivity index (χ3v) is 7.03. The summed E-state index contributed by atoms with van der Waals surface area (Å²) in [5.74, 6) is -0.645. The number of nitrogens with zero attached hydrogens (tertiary/aromatic N) is 2. The molecule has 7 nitrogen and oxygen atoms in total. The van der Waals surface area contributed by atoms with Gasteiger partial charge < -0.3 is 19.5 Å². The number of pyridine rings is 1. The molecule has 2 heterocycles. The number of likely N-dealkylation sites (tertiary alicyclic amines) is 1. The smallest absolute Gasteiger partial charge is 0.295 e. The average molecular weight is 535 g/mol. The molecule has 1 aromatic heterocycles. The van der Waals surface area contributed by atoms with E-state index in [4.69, 9.17) is 9.47 Å². The number of aromatic nitrogens is 1. The maximum absolute atomic E-state index is 13.5. The van der Waals surface area contributed by atoms with Crippen molar-refractivity contribution in [2.75, 3.05) is 7.11 Å². The second-order valence-electron chi connectivity index (χ2n) is 9.79. The maximum Gasteiger partial charge on any atom is 0.295 e. The summed E-state index contributed by atoms with van der Waals surface area (Å²) in [5, 5.41) is 11.5. The molecule has 3 aromatic carbocycles. The van der Waals surface area contributed by atoms with Gasteiger partial charge in [0.25, 0.3) is 11.7 Å². The van der Waals surface area contributed by atoms with Gasteiger partial charge in [-0.15, -0.1) is 0 Å². The fourth-order valence-corrected chi connectivity index (χ4v) is 4.92. The summed E-state index contributed by atoms with van der Waals surface area (Å²) in [5.41, 5.74) is 4.70. The van der Waals surface area contributed by atoms with Crippen LogP contribution in [0.3, 0.4) is 0 Å². The Morgan fingerprint density at radius 3 is 2.38 bits per heavy atom. The highest BCUT2D eigenvalue weighted by atomic mass is 16.5. The lowest BCUT2D eigenvalue weighted by atomic mass is 9.93. The van der Waals surface area contributed by atoms with E-state index in [0.29, 0.717) is 29.2 Å². The summed E-state index contributed by atoms with van der Waals surface area (Å²) in [4.78, 5) is 32.5. The molecule has 202 valence electrons. The molecule has 4 aromatic rings. The Balaban J connectivity index is 1.60. The third-order valence-electron chi connectivity index (χ3n) is 7.03. The van der Waals surface area contributed by atoms with Gasteiger partial charge in [-0.1, -0.05) is 54.1 Å². The van der Waals surface area contributed by atoms with Crippen molar-refractivity contribution in [3.8, 4) is 11.5 Å². The molecule has 1 unspecified atom stereocenters. The highest BCUT2D eigenvalue weighted by Gasteiger charge is 2.46. The number of methoxy groups -OCH3 is 1. The summed E-state index contributed by atoms with van der Waals surface area (Å²) in [6, 6.07) is 23.5. The molecule has 0 saturated carbocycles. The fourth-order valence-electron chi connectivity index (χ4n) is 4.92. The van der Waals surface area contributed by atoms with Gasteiger partial charge >= 0.3 is 0 Å². The number of carbonyl (C=O) groups is 2. The van der Waals surface area contributed by atoms with Crippen LogP contribution in [0.25, 0.3) is 5.76 Å². The van der Waals surface area contributed by atoms with Crippen molar-refractivity contribution in [2.24, 2.45) is 0 Å². The van der Waals surface area contributed by atoms with Crippen LogP contribution >= 0.6 is 0 Å². The normalized spacial score (nSPS) is 16.3. The number of Topliss-reactive ketones (excluding diaryl/α,β-unsaturated/α-hetero) is 1. The van der Waals surface area contributed by atoms with E-state index < -0.39 is 17.7 Å². The molecule has 1 atom stereocenters. The van der Waals surface area contributed by atoms with Crippen LogP contribution in [0.4, 0.5) is 0 Å². The topological polar surface area (TPSA) is 89.0 Å². The third kappa shape index (κ3) is 5.31. The van der Waals surface area contributed by atoms with Crippen LogP contribution in [0.15, 0.2) is 96.8 Å². The Morgan fingerprint density at radius 1 is 0.900 bits per heavy atom. The largest absolute Gasteiger partial charge is 0.507 e. The van der Waals surface area contributed by atoms with Gasteiger partial charge in [0, 0.05) is 24.5 Å². The van der Waals surface area contributed by atoms with Crippen molar-refractivity contribution >= 4 is 17.4 Å². The van der Waals surface area contributed by atoms with Gasteiger partial charge in [0.1, 0.15) is 12.4 Å². The van der Waals surface area contributed by atoms with Crippen molar-refractivity contribution in [3.05, 3.63) is 130 Å². The minimum atomic E-state index is -0.842. The van der Waals surface area contributed by atoms with Crippen molar-refractivity contribution in [2.45, 2.75) is 33.0 Å². The molecule has 1 aliphatic rings. The number of aryl methyl sites for hydroxylation is 2. The van der Waals surface area contributed by atoms with Gasteiger partial charge in [0.2, 0.25) is 0 Å². The second kappa shape index (κ2) is 11.5. The minimum Gasteiger partial charge on any atom is -0.507 e. The molecule has 7 heteroatoms. The zero-order chi connectivity index (χ0) is 28.2. The number of ether oxygens (including phenoxy) is 2. The molecule has 1 aliphatic heterocycles. The molecule has 0 spiro atoms. The predicted molar refractivity (Wildman–Crippen MR) is 152 cm³/mol. The van der Waals surface area contributed by atoms with Gasteiger partial charge in [-0.3, -0.25) is 14.6 Å². The zero-order valence-corrected chi connectivity index (χ0v) is 22.6.